The molecular formula is C16H19N2O4-. The maximum Gasteiger partial charge on any atom is 0.408 e. The highest BCUT2D eigenvalue weighted by Crippen LogP contribution is 2.19. The van der Waals surface area contributed by atoms with Crippen molar-refractivity contribution in [3.63, 3.8) is 0 Å². The Morgan fingerprint density at radius 2 is 2.00 bits per heavy atom. The van der Waals surface area contributed by atoms with Crippen molar-refractivity contribution in [1.82, 2.24) is 10.3 Å². The Bertz CT molecular complexity index is 685. The van der Waals surface area contributed by atoms with Crippen molar-refractivity contribution in [3.8, 4) is 0 Å². The normalized spacial score (nSPS) is 12.9. The lowest BCUT2D eigenvalue weighted by atomic mass is 10.1. The number of para-hydroxylation sites is 1. The number of aromatic nitrogens is 1. The fraction of sp³-hybridized carbons (Fsp3) is 0.375. The van der Waals surface area contributed by atoms with Crippen LogP contribution in [0.3, 0.4) is 0 Å². The molecule has 0 bridgehead atoms. The van der Waals surface area contributed by atoms with Crippen LogP contribution in [0.5, 0.6) is 0 Å². The number of carboxylic acids is 1. The minimum atomic E-state index is -1.35. The molecule has 6 nitrogen and oxygen atoms in total. The molecule has 0 fully saturated rings. The maximum absolute atomic E-state index is 11.7. The van der Waals surface area contributed by atoms with E-state index in [-0.39, 0.29) is 6.42 Å². The Hall–Kier alpha value is -2.50. The number of H-pyrrole nitrogens is 1. The van der Waals surface area contributed by atoms with Crippen molar-refractivity contribution >= 4 is 23.0 Å². The zero-order valence-corrected chi connectivity index (χ0v) is 12.8. The molecular weight excluding hydrogens is 284 g/mol. The molecule has 2 N–H and O–H groups in total. The summed E-state index contributed by atoms with van der Waals surface area (Å²) in [6.07, 6.45) is 1.07. The van der Waals surface area contributed by atoms with Crippen LogP contribution in [0, 0.1) is 0 Å². The number of alkyl carbamates (subject to hydrolysis) is 1. The molecule has 1 atom stereocenters. The van der Waals surface area contributed by atoms with Gasteiger partial charge in [0.15, 0.2) is 0 Å². The number of aromatic amines is 1. The van der Waals surface area contributed by atoms with E-state index in [1.54, 1.807) is 27.0 Å². The molecule has 0 spiro atoms. The van der Waals surface area contributed by atoms with Crippen LogP contribution in [0.15, 0.2) is 30.5 Å². The van der Waals surface area contributed by atoms with Gasteiger partial charge in [-0.15, -0.1) is 0 Å². The zero-order chi connectivity index (χ0) is 16.3. The summed E-state index contributed by atoms with van der Waals surface area (Å²) in [5.74, 6) is -1.35. The highest BCUT2D eigenvalue weighted by Gasteiger charge is 2.21. The van der Waals surface area contributed by atoms with Crippen molar-refractivity contribution in [2.24, 2.45) is 0 Å². The third kappa shape index (κ3) is 4.00. The van der Waals surface area contributed by atoms with Crippen LogP contribution in [-0.4, -0.2) is 28.7 Å². The summed E-state index contributed by atoms with van der Waals surface area (Å²) in [6, 6.07) is 6.39. The number of rotatable bonds is 4. The Morgan fingerprint density at radius 1 is 1.32 bits per heavy atom. The first-order valence-electron chi connectivity index (χ1n) is 7.01. The molecule has 0 unspecified atom stereocenters. The van der Waals surface area contributed by atoms with Gasteiger partial charge in [-0.3, -0.25) is 0 Å². The highest BCUT2D eigenvalue weighted by molar-refractivity contribution is 5.85. The van der Waals surface area contributed by atoms with Gasteiger partial charge >= 0.3 is 6.09 Å². The fourth-order valence-corrected chi connectivity index (χ4v) is 2.16. The van der Waals surface area contributed by atoms with Crippen LogP contribution in [0.25, 0.3) is 10.9 Å². The van der Waals surface area contributed by atoms with E-state index in [4.69, 9.17) is 4.74 Å². The van der Waals surface area contributed by atoms with E-state index in [1.807, 2.05) is 24.3 Å². The number of carbonyl (C=O) groups is 2. The van der Waals surface area contributed by atoms with Crippen LogP contribution >= 0.6 is 0 Å². The van der Waals surface area contributed by atoms with Gasteiger partial charge in [0.2, 0.25) is 0 Å². The molecule has 0 aliphatic heterocycles. The molecule has 0 radical (unpaired) electrons. The molecule has 0 aliphatic carbocycles. The summed E-state index contributed by atoms with van der Waals surface area (Å²) in [5.41, 5.74) is 1.01. The number of aliphatic carboxylic acids is 1. The fourth-order valence-electron chi connectivity index (χ4n) is 2.16. The van der Waals surface area contributed by atoms with Gasteiger partial charge in [0, 0.05) is 23.5 Å². The minimum absolute atomic E-state index is 0.117. The number of fused-ring (bicyclic) bond motifs is 1. The quantitative estimate of drug-likeness (QED) is 0.891. The summed E-state index contributed by atoms with van der Waals surface area (Å²) in [7, 11) is 0. The van der Waals surface area contributed by atoms with Gasteiger partial charge < -0.3 is 24.9 Å². The van der Waals surface area contributed by atoms with Crippen molar-refractivity contribution < 1.29 is 19.4 Å². The highest BCUT2D eigenvalue weighted by atomic mass is 16.6. The number of benzene rings is 1. The summed E-state index contributed by atoms with van der Waals surface area (Å²) in [4.78, 5) is 26.1. The van der Waals surface area contributed by atoms with Gasteiger partial charge in [0.25, 0.3) is 0 Å². The van der Waals surface area contributed by atoms with Crippen molar-refractivity contribution in [3.05, 3.63) is 36.0 Å². The van der Waals surface area contributed by atoms with E-state index in [9.17, 15) is 14.7 Å². The first-order valence-corrected chi connectivity index (χ1v) is 7.01. The number of carboxylic acid groups (broad SMARTS) is 1. The smallest absolute Gasteiger partial charge is 0.408 e. The Labute approximate surface area is 128 Å². The predicted molar refractivity (Wildman–Crippen MR) is 80.2 cm³/mol. The SMILES string of the molecule is CC(C)(C)OC(=O)N[C@H](Cc1c[nH]c2ccccc12)C(=O)[O-]. The third-order valence-electron chi connectivity index (χ3n) is 3.07. The maximum atomic E-state index is 11.7. The molecule has 1 heterocycles. The molecule has 2 aromatic rings. The lowest BCUT2D eigenvalue weighted by Crippen LogP contribution is -2.50. The molecule has 0 aliphatic rings. The van der Waals surface area contributed by atoms with Crippen molar-refractivity contribution in [1.29, 1.82) is 0 Å². The monoisotopic (exact) mass is 303 g/mol. The molecule has 118 valence electrons. The largest absolute Gasteiger partial charge is 0.548 e. The molecule has 6 heteroatoms. The van der Waals surface area contributed by atoms with E-state index in [0.29, 0.717) is 0 Å². The number of nitrogens with one attached hydrogen (secondary N) is 2. The van der Waals surface area contributed by atoms with Crippen LogP contribution in [0.2, 0.25) is 0 Å². The van der Waals surface area contributed by atoms with Gasteiger partial charge in [-0.25, -0.2) is 4.79 Å². The Balaban J connectivity index is 2.12. The van der Waals surface area contributed by atoms with Gasteiger partial charge in [0.1, 0.15) is 5.60 Å². The summed E-state index contributed by atoms with van der Waals surface area (Å²) in [5, 5.41) is 14.5. The van der Waals surface area contributed by atoms with Gasteiger partial charge in [-0.05, 0) is 32.4 Å². The first kappa shape index (κ1) is 15.9. The minimum Gasteiger partial charge on any atom is -0.548 e. The molecule has 1 aromatic carbocycles. The third-order valence-corrected chi connectivity index (χ3v) is 3.07. The van der Waals surface area contributed by atoms with Crippen LogP contribution < -0.4 is 10.4 Å². The van der Waals surface area contributed by atoms with E-state index in [2.05, 4.69) is 10.3 Å². The summed E-state index contributed by atoms with van der Waals surface area (Å²) < 4.78 is 5.08. The van der Waals surface area contributed by atoms with Crippen molar-refractivity contribution in [2.45, 2.75) is 38.8 Å². The Morgan fingerprint density at radius 3 is 2.64 bits per heavy atom. The zero-order valence-electron chi connectivity index (χ0n) is 12.8. The van der Waals surface area contributed by atoms with E-state index in [0.717, 1.165) is 16.5 Å². The summed E-state index contributed by atoms with van der Waals surface area (Å²) in [6.45, 7) is 5.13. The number of amides is 1. The lowest BCUT2D eigenvalue weighted by Gasteiger charge is -2.24. The molecule has 0 saturated carbocycles. The first-order chi connectivity index (χ1) is 10.3. The number of carbonyl (C=O) groups excluding carboxylic acids is 2. The molecule has 1 amide bonds. The van der Waals surface area contributed by atoms with E-state index in [1.165, 1.54) is 0 Å². The van der Waals surface area contributed by atoms with Gasteiger partial charge in [-0.1, -0.05) is 18.2 Å². The number of hydrogen-bond acceptors (Lipinski definition) is 4. The average Bonchev–Trinajstić information content (AvgIpc) is 2.79. The predicted octanol–water partition coefficient (Wildman–Crippen LogP) is 1.35. The topological polar surface area (TPSA) is 94.2 Å². The second kappa shape index (κ2) is 6.09. The molecule has 1 aromatic heterocycles. The second-order valence-electron chi connectivity index (χ2n) is 6.08. The van der Waals surface area contributed by atoms with Crippen LogP contribution in [0.1, 0.15) is 26.3 Å². The molecule has 2 rings (SSSR count). The van der Waals surface area contributed by atoms with Gasteiger partial charge in [0.05, 0.1) is 12.0 Å². The van der Waals surface area contributed by atoms with Crippen molar-refractivity contribution in [2.75, 3.05) is 0 Å². The average molecular weight is 303 g/mol. The molecule has 0 saturated heterocycles. The van der Waals surface area contributed by atoms with Gasteiger partial charge in [-0.2, -0.15) is 0 Å². The number of ether oxygens (including phenoxy) is 1. The standard InChI is InChI=1S/C16H20N2O4/c1-16(2,3)22-15(21)18-13(14(19)20)8-10-9-17-12-7-5-4-6-11(10)12/h4-7,9,13,17H,8H2,1-3H3,(H,18,21)(H,19,20)/p-1/t13-/m1/s1. The van der Waals surface area contributed by atoms with Crippen LogP contribution in [-0.2, 0) is 16.0 Å². The lowest BCUT2D eigenvalue weighted by molar-refractivity contribution is -0.308. The number of hydrogen-bond donors (Lipinski definition) is 2. The second-order valence-corrected chi connectivity index (χ2v) is 6.08. The van der Waals surface area contributed by atoms with E-state index < -0.39 is 23.7 Å². The van der Waals surface area contributed by atoms with E-state index >= 15 is 0 Å². The molecule has 22 heavy (non-hydrogen) atoms. The Kier molecular flexibility index (Phi) is 4.40. The van der Waals surface area contributed by atoms with Crippen LogP contribution in [0.4, 0.5) is 4.79 Å². The summed E-state index contributed by atoms with van der Waals surface area (Å²) >= 11 is 0.